The number of ether oxygens (including phenoxy) is 1. The standard InChI is InChI=1S/C14H13ClN4O/c1-8-12-9(2)19(18-13(12)14(15)17-16-8)10-6-4-5-7-11(10)20-3/h4-7H,1-3H3. The Morgan fingerprint density at radius 2 is 1.90 bits per heavy atom. The third kappa shape index (κ3) is 1.82. The van der Waals surface area contributed by atoms with Gasteiger partial charge in [0, 0.05) is 5.39 Å². The maximum Gasteiger partial charge on any atom is 0.179 e. The normalized spacial score (nSPS) is 11.0. The predicted octanol–water partition coefficient (Wildman–Crippen LogP) is 3.09. The molecule has 1 aromatic carbocycles. The quantitative estimate of drug-likeness (QED) is 0.727. The van der Waals surface area contributed by atoms with Crippen molar-refractivity contribution >= 4 is 22.5 Å². The number of para-hydroxylation sites is 2. The van der Waals surface area contributed by atoms with E-state index in [2.05, 4.69) is 15.3 Å². The summed E-state index contributed by atoms with van der Waals surface area (Å²) in [5.74, 6) is 0.748. The largest absolute Gasteiger partial charge is 0.494 e. The van der Waals surface area contributed by atoms with Crippen LogP contribution in [0.25, 0.3) is 16.6 Å². The second-order valence-electron chi connectivity index (χ2n) is 4.47. The molecule has 0 amide bonds. The molecule has 0 aliphatic carbocycles. The number of methoxy groups -OCH3 is 1. The van der Waals surface area contributed by atoms with E-state index in [9.17, 15) is 0 Å². The van der Waals surface area contributed by atoms with Crippen LogP contribution in [-0.4, -0.2) is 27.1 Å². The maximum atomic E-state index is 6.09. The van der Waals surface area contributed by atoms with Crippen LogP contribution in [0.4, 0.5) is 0 Å². The molecule has 2 heterocycles. The summed E-state index contributed by atoms with van der Waals surface area (Å²) >= 11 is 6.09. The van der Waals surface area contributed by atoms with Gasteiger partial charge in [-0.05, 0) is 26.0 Å². The van der Waals surface area contributed by atoms with Gasteiger partial charge in [-0.15, -0.1) is 5.10 Å². The second-order valence-corrected chi connectivity index (χ2v) is 4.83. The smallest absolute Gasteiger partial charge is 0.179 e. The Labute approximate surface area is 121 Å². The van der Waals surface area contributed by atoms with Crippen LogP contribution in [0.3, 0.4) is 0 Å². The van der Waals surface area contributed by atoms with Gasteiger partial charge < -0.3 is 4.74 Å². The minimum absolute atomic E-state index is 0.308. The van der Waals surface area contributed by atoms with Crippen molar-refractivity contribution in [2.45, 2.75) is 13.8 Å². The molecule has 3 aromatic rings. The van der Waals surface area contributed by atoms with Crippen molar-refractivity contribution in [2.24, 2.45) is 0 Å². The van der Waals surface area contributed by atoms with Crippen LogP contribution in [0.15, 0.2) is 24.3 Å². The molecule has 102 valence electrons. The van der Waals surface area contributed by atoms with E-state index in [4.69, 9.17) is 16.3 Å². The minimum atomic E-state index is 0.308. The average Bonchev–Trinajstić information content (AvgIpc) is 2.82. The topological polar surface area (TPSA) is 52.8 Å². The summed E-state index contributed by atoms with van der Waals surface area (Å²) in [6.45, 7) is 3.87. The summed E-state index contributed by atoms with van der Waals surface area (Å²) in [5, 5.41) is 13.7. The summed E-state index contributed by atoms with van der Waals surface area (Å²) in [7, 11) is 1.64. The van der Waals surface area contributed by atoms with Gasteiger partial charge in [0.1, 0.15) is 17.0 Å². The van der Waals surface area contributed by atoms with Crippen molar-refractivity contribution in [3.05, 3.63) is 40.8 Å². The van der Waals surface area contributed by atoms with E-state index in [-0.39, 0.29) is 0 Å². The molecular formula is C14H13ClN4O. The molecule has 3 rings (SSSR count). The number of benzene rings is 1. The Kier molecular flexibility index (Phi) is 3.06. The third-order valence-electron chi connectivity index (χ3n) is 3.27. The van der Waals surface area contributed by atoms with E-state index in [1.807, 2.05) is 42.8 Å². The highest BCUT2D eigenvalue weighted by atomic mass is 35.5. The van der Waals surface area contributed by atoms with Crippen LogP contribution in [0.1, 0.15) is 11.4 Å². The number of rotatable bonds is 2. The highest BCUT2D eigenvalue weighted by Gasteiger charge is 2.17. The Bertz CT molecular complexity index is 797. The Morgan fingerprint density at radius 1 is 1.15 bits per heavy atom. The number of aryl methyl sites for hydroxylation is 2. The molecule has 20 heavy (non-hydrogen) atoms. The number of fused-ring (bicyclic) bond motifs is 1. The van der Waals surface area contributed by atoms with Gasteiger partial charge in [0.15, 0.2) is 5.15 Å². The van der Waals surface area contributed by atoms with Crippen molar-refractivity contribution in [3.8, 4) is 11.4 Å². The minimum Gasteiger partial charge on any atom is -0.494 e. The highest BCUT2D eigenvalue weighted by molar-refractivity contribution is 6.33. The van der Waals surface area contributed by atoms with Gasteiger partial charge in [-0.1, -0.05) is 23.7 Å². The Hall–Kier alpha value is -2.14. The summed E-state index contributed by atoms with van der Waals surface area (Å²) in [6, 6.07) is 7.70. The Balaban J connectivity index is 2.36. The monoisotopic (exact) mass is 288 g/mol. The van der Waals surface area contributed by atoms with Gasteiger partial charge in [0.25, 0.3) is 0 Å². The van der Waals surface area contributed by atoms with Gasteiger partial charge in [-0.2, -0.15) is 10.2 Å². The summed E-state index contributed by atoms with van der Waals surface area (Å²) in [4.78, 5) is 0. The fourth-order valence-corrected chi connectivity index (χ4v) is 2.51. The van der Waals surface area contributed by atoms with Crippen LogP contribution < -0.4 is 4.74 Å². The van der Waals surface area contributed by atoms with Crippen LogP contribution in [0.5, 0.6) is 5.75 Å². The van der Waals surface area contributed by atoms with Crippen molar-refractivity contribution in [1.82, 2.24) is 20.0 Å². The zero-order valence-corrected chi connectivity index (χ0v) is 12.1. The zero-order chi connectivity index (χ0) is 14.3. The molecule has 0 unspecified atom stereocenters. The molecule has 0 N–H and O–H groups in total. The lowest BCUT2D eigenvalue weighted by Gasteiger charge is -2.09. The van der Waals surface area contributed by atoms with Gasteiger partial charge in [-0.25, -0.2) is 4.68 Å². The van der Waals surface area contributed by atoms with Crippen molar-refractivity contribution in [2.75, 3.05) is 7.11 Å². The van der Waals surface area contributed by atoms with Gasteiger partial charge in [0.05, 0.1) is 18.5 Å². The molecule has 0 aliphatic rings. The first-order valence-electron chi connectivity index (χ1n) is 6.15. The van der Waals surface area contributed by atoms with E-state index in [0.29, 0.717) is 10.7 Å². The van der Waals surface area contributed by atoms with Gasteiger partial charge in [0.2, 0.25) is 0 Å². The second kappa shape index (κ2) is 4.76. The van der Waals surface area contributed by atoms with Crippen LogP contribution >= 0.6 is 11.6 Å². The number of hydrogen-bond acceptors (Lipinski definition) is 4. The molecule has 0 radical (unpaired) electrons. The maximum absolute atomic E-state index is 6.09. The lowest BCUT2D eigenvalue weighted by molar-refractivity contribution is 0.411. The molecule has 0 aliphatic heterocycles. The predicted molar refractivity (Wildman–Crippen MR) is 77.7 cm³/mol. The lowest BCUT2D eigenvalue weighted by atomic mass is 10.2. The van der Waals surface area contributed by atoms with Crippen molar-refractivity contribution < 1.29 is 4.74 Å². The molecule has 0 fully saturated rings. The van der Waals surface area contributed by atoms with E-state index < -0.39 is 0 Å². The lowest BCUT2D eigenvalue weighted by Crippen LogP contribution is -2.01. The van der Waals surface area contributed by atoms with Crippen molar-refractivity contribution in [3.63, 3.8) is 0 Å². The Morgan fingerprint density at radius 3 is 2.60 bits per heavy atom. The molecule has 6 heteroatoms. The number of hydrogen-bond donors (Lipinski definition) is 0. The van der Waals surface area contributed by atoms with E-state index in [0.717, 1.165) is 28.2 Å². The van der Waals surface area contributed by atoms with Crippen LogP contribution in [0.2, 0.25) is 5.15 Å². The van der Waals surface area contributed by atoms with E-state index in [1.165, 1.54) is 0 Å². The molecular weight excluding hydrogens is 276 g/mol. The van der Waals surface area contributed by atoms with E-state index in [1.54, 1.807) is 7.11 Å². The molecule has 0 atom stereocenters. The third-order valence-corrected chi connectivity index (χ3v) is 3.53. The summed E-state index contributed by atoms with van der Waals surface area (Å²) < 4.78 is 7.20. The zero-order valence-electron chi connectivity index (χ0n) is 11.4. The first-order chi connectivity index (χ1) is 9.63. The molecule has 0 saturated heterocycles. The van der Waals surface area contributed by atoms with E-state index >= 15 is 0 Å². The first kappa shape index (κ1) is 12.9. The molecule has 0 spiro atoms. The molecule has 0 bridgehead atoms. The number of halogens is 1. The molecule has 2 aromatic heterocycles. The highest BCUT2D eigenvalue weighted by Crippen LogP contribution is 2.30. The number of nitrogens with zero attached hydrogens (tertiary/aromatic N) is 4. The fraction of sp³-hybridized carbons (Fsp3) is 0.214. The molecule has 5 nitrogen and oxygen atoms in total. The van der Waals surface area contributed by atoms with Crippen LogP contribution in [0, 0.1) is 13.8 Å². The first-order valence-corrected chi connectivity index (χ1v) is 6.52. The van der Waals surface area contributed by atoms with Crippen LogP contribution in [-0.2, 0) is 0 Å². The molecule has 0 saturated carbocycles. The van der Waals surface area contributed by atoms with Crippen molar-refractivity contribution in [1.29, 1.82) is 0 Å². The average molecular weight is 289 g/mol. The van der Waals surface area contributed by atoms with Gasteiger partial charge >= 0.3 is 0 Å². The van der Waals surface area contributed by atoms with Gasteiger partial charge in [-0.3, -0.25) is 0 Å². The summed E-state index contributed by atoms with van der Waals surface area (Å²) in [6.07, 6.45) is 0. The fourth-order valence-electron chi connectivity index (χ4n) is 2.34. The summed E-state index contributed by atoms with van der Waals surface area (Å²) in [5.41, 5.74) is 3.28. The number of aromatic nitrogens is 4. The SMILES string of the molecule is COc1ccccc1-n1nc2c(Cl)nnc(C)c2c1C.